The highest BCUT2D eigenvalue weighted by molar-refractivity contribution is 5.98. The van der Waals surface area contributed by atoms with Gasteiger partial charge in [-0.05, 0) is 31.0 Å². The minimum Gasteiger partial charge on any atom is -0.467 e. The summed E-state index contributed by atoms with van der Waals surface area (Å²) in [5.74, 6) is -0.724. The Hall–Kier alpha value is -1.88. The molecule has 0 saturated carbocycles. The van der Waals surface area contributed by atoms with Gasteiger partial charge in [0.05, 0.1) is 13.2 Å². The predicted octanol–water partition coefficient (Wildman–Crippen LogP) is 1.05. The Morgan fingerprint density at radius 2 is 2.05 bits per heavy atom. The Morgan fingerprint density at radius 1 is 1.35 bits per heavy atom. The van der Waals surface area contributed by atoms with Crippen LogP contribution < -0.4 is 0 Å². The summed E-state index contributed by atoms with van der Waals surface area (Å²) in [6.45, 7) is 3.97. The van der Waals surface area contributed by atoms with Crippen molar-refractivity contribution in [3.63, 3.8) is 0 Å². The Labute approximate surface area is 118 Å². The van der Waals surface area contributed by atoms with Gasteiger partial charge in [0.2, 0.25) is 0 Å². The molecule has 1 aliphatic rings. The van der Waals surface area contributed by atoms with Crippen molar-refractivity contribution in [2.24, 2.45) is 0 Å². The Kier molecular flexibility index (Phi) is 4.09. The number of benzene rings is 1. The lowest BCUT2D eigenvalue weighted by Gasteiger charge is -2.23. The van der Waals surface area contributed by atoms with E-state index in [1.807, 2.05) is 26.0 Å². The largest absolute Gasteiger partial charge is 0.467 e. The summed E-state index contributed by atoms with van der Waals surface area (Å²) in [6.07, 6.45) is -0.461. The molecular weight excluding hydrogens is 258 g/mol. The summed E-state index contributed by atoms with van der Waals surface area (Å²) in [7, 11) is 1.29. The van der Waals surface area contributed by atoms with Crippen LogP contribution in [0.25, 0.3) is 0 Å². The van der Waals surface area contributed by atoms with E-state index in [4.69, 9.17) is 4.74 Å². The number of methoxy groups -OCH3 is 1. The van der Waals surface area contributed by atoms with Gasteiger partial charge < -0.3 is 14.7 Å². The highest BCUT2D eigenvalue weighted by atomic mass is 16.5. The van der Waals surface area contributed by atoms with Gasteiger partial charge in [0.25, 0.3) is 5.91 Å². The van der Waals surface area contributed by atoms with Crippen LogP contribution >= 0.6 is 0 Å². The molecule has 0 aliphatic carbocycles. The number of hydrogen-bond acceptors (Lipinski definition) is 4. The van der Waals surface area contributed by atoms with Crippen molar-refractivity contribution >= 4 is 11.9 Å². The van der Waals surface area contributed by atoms with E-state index in [9.17, 15) is 14.7 Å². The molecule has 0 radical (unpaired) electrons. The number of carbonyl (C=O) groups excluding carboxylic acids is 2. The topological polar surface area (TPSA) is 66.8 Å². The molecular formula is C15H19NO4. The van der Waals surface area contributed by atoms with Gasteiger partial charge in [0.15, 0.2) is 0 Å². The number of rotatable bonds is 2. The summed E-state index contributed by atoms with van der Waals surface area (Å²) >= 11 is 0. The average Bonchev–Trinajstić information content (AvgIpc) is 2.82. The number of carbonyl (C=O) groups is 2. The van der Waals surface area contributed by atoms with Crippen LogP contribution in [0.3, 0.4) is 0 Å². The summed E-state index contributed by atoms with van der Waals surface area (Å²) in [5, 5.41) is 9.73. The quantitative estimate of drug-likeness (QED) is 0.821. The fraction of sp³-hybridized carbons (Fsp3) is 0.467. The van der Waals surface area contributed by atoms with Crippen LogP contribution in [0, 0.1) is 13.8 Å². The maximum Gasteiger partial charge on any atom is 0.328 e. The molecule has 0 aromatic heterocycles. The Morgan fingerprint density at radius 3 is 2.70 bits per heavy atom. The van der Waals surface area contributed by atoms with Crippen molar-refractivity contribution in [1.82, 2.24) is 4.90 Å². The average molecular weight is 277 g/mol. The number of likely N-dealkylation sites (tertiary alicyclic amines) is 1. The molecule has 0 bridgehead atoms. The lowest BCUT2D eigenvalue weighted by Crippen LogP contribution is -2.41. The first-order valence-electron chi connectivity index (χ1n) is 6.58. The van der Waals surface area contributed by atoms with Crippen molar-refractivity contribution in [2.75, 3.05) is 13.7 Å². The van der Waals surface area contributed by atoms with Crippen molar-refractivity contribution in [2.45, 2.75) is 32.4 Å². The van der Waals surface area contributed by atoms with Crippen molar-refractivity contribution < 1.29 is 19.4 Å². The van der Waals surface area contributed by atoms with E-state index in [0.29, 0.717) is 5.56 Å². The first-order valence-corrected chi connectivity index (χ1v) is 6.58. The standard InChI is InChI=1S/C15H19NO4/c1-9-5-4-6-12(10(9)2)14(18)16-8-11(17)7-13(16)15(19)20-3/h4-6,11,13,17H,7-8H2,1-3H3. The molecule has 2 unspecified atom stereocenters. The van der Waals surface area contributed by atoms with Gasteiger partial charge in [-0.25, -0.2) is 4.79 Å². The van der Waals surface area contributed by atoms with Crippen molar-refractivity contribution in [3.05, 3.63) is 34.9 Å². The Bertz CT molecular complexity index is 541. The van der Waals surface area contributed by atoms with Crippen LogP contribution in [0.4, 0.5) is 0 Å². The molecule has 1 aromatic rings. The number of aliphatic hydroxyl groups excluding tert-OH is 1. The molecule has 5 heteroatoms. The molecule has 1 aromatic carbocycles. The molecule has 1 heterocycles. The molecule has 20 heavy (non-hydrogen) atoms. The van der Waals surface area contributed by atoms with Crippen molar-refractivity contribution in [1.29, 1.82) is 0 Å². The van der Waals surface area contributed by atoms with Crippen LogP contribution in [0.5, 0.6) is 0 Å². The number of hydrogen-bond donors (Lipinski definition) is 1. The summed E-state index contributed by atoms with van der Waals surface area (Å²) in [6, 6.07) is 4.78. The molecule has 1 saturated heterocycles. The molecule has 2 rings (SSSR count). The fourth-order valence-electron chi connectivity index (χ4n) is 2.54. The van der Waals surface area contributed by atoms with Gasteiger partial charge in [0, 0.05) is 18.5 Å². The van der Waals surface area contributed by atoms with E-state index in [2.05, 4.69) is 0 Å². The lowest BCUT2D eigenvalue weighted by molar-refractivity contribution is -0.145. The van der Waals surface area contributed by atoms with E-state index in [1.54, 1.807) is 6.07 Å². The third kappa shape index (κ3) is 2.54. The zero-order valence-electron chi connectivity index (χ0n) is 11.9. The normalized spacial score (nSPS) is 21.9. The van der Waals surface area contributed by atoms with E-state index < -0.39 is 18.1 Å². The number of ether oxygens (including phenoxy) is 1. The van der Waals surface area contributed by atoms with E-state index in [1.165, 1.54) is 12.0 Å². The Balaban J connectivity index is 2.31. The molecule has 5 nitrogen and oxygen atoms in total. The smallest absolute Gasteiger partial charge is 0.328 e. The van der Waals surface area contributed by atoms with Gasteiger partial charge in [-0.15, -0.1) is 0 Å². The highest BCUT2D eigenvalue weighted by Crippen LogP contribution is 2.23. The molecule has 108 valence electrons. The van der Waals surface area contributed by atoms with Crippen LogP contribution in [0.15, 0.2) is 18.2 Å². The first-order chi connectivity index (χ1) is 9.45. The first kappa shape index (κ1) is 14.5. The number of nitrogens with zero attached hydrogens (tertiary/aromatic N) is 1. The number of amides is 1. The van der Waals surface area contributed by atoms with Crippen molar-refractivity contribution in [3.8, 4) is 0 Å². The van der Waals surface area contributed by atoms with Gasteiger partial charge in [-0.3, -0.25) is 4.79 Å². The number of esters is 1. The maximum absolute atomic E-state index is 12.6. The van der Waals surface area contributed by atoms with Gasteiger partial charge in [0.1, 0.15) is 6.04 Å². The monoisotopic (exact) mass is 277 g/mol. The molecule has 1 N–H and O–H groups in total. The van der Waals surface area contributed by atoms with Gasteiger partial charge >= 0.3 is 5.97 Å². The zero-order chi connectivity index (χ0) is 14.9. The van der Waals surface area contributed by atoms with Crippen LogP contribution in [-0.2, 0) is 9.53 Å². The molecule has 1 fully saturated rings. The molecule has 2 atom stereocenters. The predicted molar refractivity (Wildman–Crippen MR) is 73.4 cm³/mol. The summed E-state index contributed by atoms with van der Waals surface area (Å²) in [5.41, 5.74) is 2.47. The van der Waals surface area contributed by atoms with Gasteiger partial charge in [-0.2, -0.15) is 0 Å². The van der Waals surface area contributed by atoms with E-state index in [-0.39, 0.29) is 18.9 Å². The third-order valence-corrected chi connectivity index (χ3v) is 3.85. The minimum absolute atomic E-state index is 0.159. The third-order valence-electron chi connectivity index (χ3n) is 3.85. The van der Waals surface area contributed by atoms with Crippen LogP contribution in [-0.4, -0.2) is 47.7 Å². The minimum atomic E-state index is -0.706. The van der Waals surface area contributed by atoms with Crippen LogP contribution in [0.2, 0.25) is 0 Å². The fourth-order valence-corrected chi connectivity index (χ4v) is 2.54. The van der Waals surface area contributed by atoms with Crippen LogP contribution in [0.1, 0.15) is 27.9 Å². The molecule has 1 aliphatic heterocycles. The zero-order valence-corrected chi connectivity index (χ0v) is 11.9. The second-order valence-electron chi connectivity index (χ2n) is 5.13. The van der Waals surface area contributed by atoms with Gasteiger partial charge in [-0.1, -0.05) is 12.1 Å². The second kappa shape index (κ2) is 5.63. The molecule has 0 spiro atoms. The summed E-state index contributed by atoms with van der Waals surface area (Å²) in [4.78, 5) is 25.7. The highest BCUT2D eigenvalue weighted by Gasteiger charge is 2.40. The summed E-state index contributed by atoms with van der Waals surface area (Å²) < 4.78 is 4.71. The van der Waals surface area contributed by atoms with E-state index >= 15 is 0 Å². The maximum atomic E-state index is 12.6. The SMILES string of the molecule is COC(=O)C1CC(O)CN1C(=O)c1cccc(C)c1C. The number of aryl methyl sites for hydroxylation is 1. The lowest BCUT2D eigenvalue weighted by atomic mass is 10.0. The second-order valence-corrected chi connectivity index (χ2v) is 5.13. The number of β-amino-alcohol motifs (C(OH)–C–C–N with tert-alkyl or cyclic N) is 1. The van der Waals surface area contributed by atoms with E-state index in [0.717, 1.165) is 11.1 Å². The molecule has 1 amide bonds. The number of aliphatic hydroxyl groups is 1.